The highest BCUT2D eigenvalue weighted by molar-refractivity contribution is 6.15. The summed E-state index contributed by atoms with van der Waals surface area (Å²) >= 11 is 0. The summed E-state index contributed by atoms with van der Waals surface area (Å²) in [5.74, 6) is -0.936. The number of hydrogen-bond acceptors (Lipinski definition) is 4. The molecule has 0 unspecified atom stereocenters. The first kappa shape index (κ1) is 24.6. The van der Waals surface area contributed by atoms with E-state index in [2.05, 4.69) is 4.90 Å². The summed E-state index contributed by atoms with van der Waals surface area (Å²) in [7, 11) is 0. The van der Waals surface area contributed by atoms with Crippen LogP contribution in [0.3, 0.4) is 0 Å². The maximum atomic E-state index is 15.1. The van der Waals surface area contributed by atoms with Crippen LogP contribution in [-0.2, 0) is 10.2 Å². The fourth-order valence-electron chi connectivity index (χ4n) is 6.69. The number of carbonyl (C=O) groups excluding carboxylic acids is 1. The van der Waals surface area contributed by atoms with E-state index < -0.39 is 11.2 Å². The van der Waals surface area contributed by atoms with Gasteiger partial charge in [-0.25, -0.2) is 4.39 Å². The number of rotatable bonds is 4. The molecular weight excluding hydrogens is 503 g/mol. The van der Waals surface area contributed by atoms with Crippen LogP contribution in [0.15, 0.2) is 91.0 Å². The van der Waals surface area contributed by atoms with Gasteiger partial charge in [0, 0.05) is 27.5 Å². The molecule has 0 aliphatic carbocycles. The topological polar surface area (TPSA) is 64.0 Å². The van der Waals surface area contributed by atoms with Crippen molar-refractivity contribution in [2.75, 3.05) is 24.7 Å². The fraction of sp³-hybridized carbons (Fsp3) is 0.206. The second-order valence-electron chi connectivity index (χ2n) is 10.8. The van der Waals surface area contributed by atoms with E-state index in [1.165, 1.54) is 12.1 Å². The Morgan fingerprint density at radius 2 is 1.27 bits per heavy atom. The summed E-state index contributed by atoms with van der Waals surface area (Å²) in [6, 6.07) is 26.4. The van der Waals surface area contributed by atoms with Gasteiger partial charge in [-0.1, -0.05) is 79.2 Å². The molecule has 0 saturated carbocycles. The summed E-state index contributed by atoms with van der Waals surface area (Å²) in [4.78, 5) is 18.9. The summed E-state index contributed by atoms with van der Waals surface area (Å²) in [6.07, 6.45) is 3.27. The molecule has 0 aromatic heterocycles. The van der Waals surface area contributed by atoms with E-state index in [-0.39, 0.29) is 17.4 Å². The van der Waals surface area contributed by atoms with Crippen molar-refractivity contribution in [2.45, 2.75) is 24.7 Å². The minimum Gasteiger partial charge on any atom is -0.507 e. The minimum absolute atomic E-state index is 0.0611. The van der Waals surface area contributed by atoms with Gasteiger partial charge in [0.25, 0.3) is 0 Å². The number of benzene rings is 5. The lowest BCUT2D eigenvalue weighted by Crippen LogP contribution is -2.47. The molecule has 200 valence electrons. The maximum absolute atomic E-state index is 15.1. The van der Waals surface area contributed by atoms with E-state index in [1.54, 1.807) is 35.2 Å². The molecule has 0 spiro atoms. The quantitative estimate of drug-likeness (QED) is 0.271. The van der Waals surface area contributed by atoms with Gasteiger partial charge in [0.05, 0.1) is 12.4 Å². The molecule has 1 fully saturated rings. The largest absolute Gasteiger partial charge is 0.507 e. The van der Waals surface area contributed by atoms with Crippen molar-refractivity contribution in [3.8, 4) is 11.5 Å². The first-order valence-corrected chi connectivity index (χ1v) is 13.8. The van der Waals surface area contributed by atoms with Gasteiger partial charge >= 0.3 is 0 Å². The standard InChI is InChI=1S/C34H29FN2O3/c35-24-14-17-30-29(20-24)34(33(40)37(30)21-36-18-6-1-7-19-36,27-15-12-22-8-2-4-10-25(22)31(27)38)28-16-13-23-9-3-5-11-26(23)32(28)39/h2-5,8-17,20,38-39H,1,6-7,18-19,21H2. The van der Waals surface area contributed by atoms with Crippen molar-refractivity contribution in [3.63, 3.8) is 0 Å². The lowest BCUT2D eigenvalue weighted by Gasteiger charge is -2.34. The van der Waals surface area contributed by atoms with Crippen molar-refractivity contribution in [2.24, 2.45) is 0 Å². The van der Waals surface area contributed by atoms with Gasteiger partial charge < -0.3 is 10.2 Å². The first-order chi connectivity index (χ1) is 19.5. The van der Waals surface area contributed by atoms with E-state index >= 15 is 9.18 Å². The van der Waals surface area contributed by atoms with Gasteiger partial charge in [-0.05, 0) is 54.9 Å². The second kappa shape index (κ2) is 9.35. The lowest BCUT2D eigenvalue weighted by atomic mass is 9.68. The van der Waals surface area contributed by atoms with Crippen LogP contribution in [0.2, 0.25) is 0 Å². The van der Waals surface area contributed by atoms with Gasteiger partial charge in [-0.2, -0.15) is 0 Å². The lowest BCUT2D eigenvalue weighted by molar-refractivity contribution is -0.121. The van der Waals surface area contributed by atoms with Gasteiger partial charge in [0.15, 0.2) is 0 Å². The van der Waals surface area contributed by atoms with Gasteiger partial charge in [-0.15, -0.1) is 0 Å². The highest BCUT2D eigenvalue weighted by Gasteiger charge is 2.56. The molecule has 2 aliphatic heterocycles. The number of aromatic hydroxyl groups is 2. The average molecular weight is 533 g/mol. The number of piperidine rings is 1. The molecule has 5 aromatic rings. The molecule has 2 heterocycles. The van der Waals surface area contributed by atoms with Gasteiger partial charge in [-0.3, -0.25) is 14.6 Å². The molecule has 0 atom stereocenters. The van der Waals surface area contributed by atoms with Crippen molar-refractivity contribution < 1.29 is 19.4 Å². The van der Waals surface area contributed by atoms with Crippen LogP contribution < -0.4 is 4.90 Å². The molecule has 40 heavy (non-hydrogen) atoms. The Bertz CT molecular complexity index is 1710. The summed E-state index contributed by atoms with van der Waals surface area (Å²) < 4.78 is 15.1. The van der Waals surface area contributed by atoms with Crippen LogP contribution >= 0.6 is 0 Å². The molecule has 6 heteroatoms. The van der Waals surface area contributed by atoms with Crippen LogP contribution in [0.5, 0.6) is 11.5 Å². The summed E-state index contributed by atoms with van der Waals surface area (Å²) in [5.41, 5.74) is -0.0533. The normalized spacial score (nSPS) is 17.0. The molecule has 5 nitrogen and oxygen atoms in total. The number of amides is 1. The van der Waals surface area contributed by atoms with E-state index in [1.807, 2.05) is 48.5 Å². The van der Waals surface area contributed by atoms with Crippen LogP contribution in [0.25, 0.3) is 21.5 Å². The molecule has 0 radical (unpaired) electrons. The number of anilines is 1. The summed E-state index contributed by atoms with van der Waals surface area (Å²) in [5, 5.41) is 26.4. The Balaban J connectivity index is 1.56. The molecule has 2 N–H and O–H groups in total. The molecule has 1 saturated heterocycles. The van der Waals surface area contributed by atoms with Gasteiger partial charge in [0.2, 0.25) is 5.91 Å². The molecule has 5 aromatic carbocycles. The maximum Gasteiger partial charge on any atom is 0.248 e. The van der Waals surface area contributed by atoms with Crippen molar-refractivity contribution in [1.29, 1.82) is 0 Å². The molecular formula is C34H29FN2O3. The number of fused-ring (bicyclic) bond motifs is 3. The van der Waals surface area contributed by atoms with Crippen LogP contribution in [-0.4, -0.2) is 40.8 Å². The molecule has 0 bridgehead atoms. The third-order valence-electron chi connectivity index (χ3n) is 8.62. The second-order valence-corrected chi connectivity index (χ2v) is 10.8. The van der Waals surface area contributed by atoms with Crippen LogP contribution in [0, 0.1) is 5.82 Å². The Morgan fingerprint density at radius 3 is 1.88 bits per heavy atom. The van der Waals surface area contributed by atoms with E-state index in [4.69, 9.17) is 0 Å². The van der Waals surface area contributed by atoms with Crippen LogP contribution in [0.1, 0.15) is 36.0 Å². The van der Waals surface area contributed by atoms with Crippen molar-refractivity contribution in [3.05, 3.63) is 114 Å². The minimum atomic E-state index is -1.67. The predicted octanol–water partition coefficient (Wildman–Crippen LogP) is 6.67. The number of phenolic OH excluding ortho intramolecular Hbond substituents is 2. The number of halogens is 1. The zero-order valence-electron chi connectivity index (χ0n) is 22.0. The number of hydrogen-bond donors (Lipinski definition) is 2. The number of nitrogens with zero attached hydrogens (tertiary/aromatic N) is 2. The smallest absolute Gasteiger partial charge is 0.248 e. The average Bonchev–Trinajstić information content (AvgIpc) is 3.21. The first-order valence-electron chi connectivity index (χ1n) is 13.8. The summed E-state index contributed by atoms with van der Waals surface area (Å²) in [6.45, 7) is 2.09. The van der Waals surface area contributed by atoms with Crippen LogP contribution in [0.4, 0.5) is 10.1 Å². The number of likely N-dealkylation sites (tertiary alicyclic amines) is 1. The molecule has 7 rings (SSSR count). The van der Waals surface area contributed by atoms with E-state index in [9.17, 15) is 10.2 Å². The van der Waals surface area contributed by atoms with E-state index in [0.29, 0.717) is 39.8 Å². The zero-order chi connectivity index (χ0) is 27.4. The third-order valence-corrected chi connectivity index (χ3v) is 8.62. The Morgan fingerprint density at radius 1 is 0.700 bits per heavy atom. The monoisotopic (exact) mass is 532 g/mol. The van der Waals surface area contributed by atoms with E-state index in [0.717, 1.165) is 43.1 Å². The SMILES string of the molecule is O=C1N(CN2CCCCC2)c2ccc(F)cc2C1(c1ccc2ccccc2c1O)c1ccc2ccccc2c1O. The number of phenols is 2. The molecule has 2 aliphatic rings. The fourth-order valence-corrected chi connectivity index (χ4v) is 6.69. The van der Waals surface area contributed by atoms with Crippen molar-refractivity contribution in [1.82, 2.24) is 4.90 Å². The highest BCUT2D eigenvalue weighted by Crippen LogP contribution is 2.56. The predicted molar refractivity (Wildman–Crippen MR) is 155 cm³/mol. The van der Waals surface area contributed by atoms with Gasteiger partial charge in [0.1, 0.15) is 22.7 Å². The Labute approximate surface area is 231 Å². The zero-order valence-corrected chi connectivity index (χ0v) is 22.0. The third kappa shape index (κ3) is 3.52. The Hall–Kier alpha value is -4.42. The molecule has 1 amide bonds. The highest BCUT2D eigenvalue weighted by atomic mass is 19.1. The van der Waals surface area contributed by atoms with Crippen molar-refractivity contribution >= 4 is 33.1 Å². The number of carbonyl (C=O) groups is 1. The Kier molecular flexibility index (Phi) is 5.75.